The van der Waals surface area contributed by atoms with E-state index in [1.807, 2.05) is 17.0 Å². The largest absolute Gasteiger partial charge is 0.467 e. The molecule has 1 amide bonds. The topological polar surface area (TPSA) is 67.6 Å². The molecule has 1 aromatic rings. The van der Waals surface area contributed by atoms with Crippen LogP contribution >= 0.6 is 0 Å². The van der Waals surface area contributed by atoms with Crippen molar-refractivity contribution in [1.82, 2.24) is 4.90 Å². The fourth-order valence-electron chi connectivity index (χ4n) is 4.12. The Morgan fingerprint density at radius 1 is 1.12 bits per heavy atom. The zero-order chi connectivity index (χ0) is 17.2. The zero-order valence-corrected chi connectivity index (χ0v) is 15.1. The normalized spacial score (nSPS) is 29.2. The minimum absolute atomic E-state index is 0.0302. The Bertz CT molecular complexity index is 645. The fraction of sp³-hybridized carbons (Fsp3) is 0.722. The molecule has 0 N–H and O–H groups in total. The average molecular weight is 353 g/mol. The molecule has 2 heterocycles. The Balaban J connectivity index is 1.70. The minimum Gasteiger partial charge on any atom is -0.467 e. The number of furan rings is 1. The summed E-state index contributed by atoms with van der Waals surface area (Å²) in [6.45, 7) is 0.774. The van der Waals surface area contributed by atoms with Gasteiger partial charge in [-0.1, -0.05) is 12.8 Å². The van der Waals surface area contributed by atoms with Crippen LogP contribution in [-0.2, 0) is 14.6 Å². The summed E-state index contributed by atoms with van der Waals surface area (Å²) in [7, 11) is -2.99. The van der Waals surface area contributed by atoms with Gasteiger partial charge >= 0.3 is 0 Å². The van der Waals surface area contributed by atoms with E-state index in [0.717, 1.165) is 38.0 Å². The number of hydrogen-bond acceptors (Lipinski definition) is 4. The lowest BCUT2D eigenvalue weighted by molar-refractivity contribution is -0.139. The summed E-state index contributed by atoms with van der Waals surface area (Å²) in [5.74, 6) is 1.01. The molecule has 0 spiro atoms. The molecular weight excluding hydrogens is 326 g/mol. The van der Waals surface area contributed by atoms with Crippen molar-refractivity contribution in [1.29, 1.82) is 0 Å². The summed E-state index contributed by atoms with van der Waals surface area (Å²) in [5, 5.41) is -0.272. The van der Waals surface area contributed by atoms with Crippen LogP contribution < -0.4 is 0 Å². The van der Waals surface area contributed by atoms with E-state index in [-0.39, 0.29) is 23.1 Å². The second kappa shape index (κ2) is 7.30. The Labute approximate surface area is 144 Å². The number of amides is 1. The van der Waals surface area contributed by atoms with Crippen LogP contribution in [0, 0.1) is 5.92 Å². The van der Waals surface area contributed by atoms with Crippen LogP contribution in [0.2, 0.25) is 0 Å². The van der Waals surface area contributed by atoms with Gasteiger partial charge in [0.2, 0.25) is 5.91 Å². The van der Waals surface area contributed by atoms with Gasteiger partial charge in [-0.2, -0.15) is 0 Å². The second-order valence-electron chi connectivity index (χ2n) is 7.22. The summed E-state index contributed by atoms with van der Waals surface area (Å²) in [6, 6.07) is 3.86. The molecule has 1 atom stereocenters. The van der Waals surface area contributed by atoms with E-state index in [1.165, 1.54) is 6.26 Å². The first-order chi connectivity index (χ1) is 11.5. The lowest BCUT2D eigenvalue weighted by Gasteiger charge is -2.34. The molecule has 0 radical (unpaired) electrons. The number of carbonyl (C=O) groups excluding carboxylic acids is 1. The van der Waals surface area contributed by atoms with Gasteiger partial charge < -0.3 is 9.32 Å². The number of nitrogens with zero attached hydrogens (tertiary/aromatic N) is 1. The molecule has 1 unspecified atom stereocenters. The maximum atomic E-state index is 13.1. The van der Waals surface area contributed by atoms with Crippen molar-refractivity contribution >= 4 is 15.7 Å². The molecule has 1 aromatic heterocycles. The minimum atomic E-state index is -2.99. The Morgan fingerprint density at radius 2 is 1.88 bits per heavy atom. The predicted octanol–water partition coefficient (Wildman–Crippen LogP) is 3.33. The van der Waals surface area contributed by atoms with E-state index in [4.69, 9.17) is 4.42 Å². The molecule has 134 valence electrons. The molecule has 1 aliphatic heterocycles. The number of likely N-dealkylation sites (tertiary alicyclic amines) is 1. The third-order valence-corrected chi connectivity index (χ3v) is 7.22. The van der Waals surface area contributed by atoms with Crippen LogP contribution in [0.5, 0.6) is 0 Å². The Hall–Kier alpha value is -1.30. The maximum Gasteiger partial charge on any atom is 0.226 e. The molecule has 2 fully saturated rings. The van der Waals surface area contributed by atoms with E-state index in [9.17, 15) is 13.2 Å². The monoisotopic (exact) mass is 353 g/mol. The molecular formula is C18H27NO4S. The van der Waals surface area contributed by atoms with Gasteiger partial charge in [0.05, 0.1) is 17.6 Å². The number of hydrogen-bond donors (Lipinski definition) is 0. The first-order valence-electron chi connectivity index (χ1n) is 8.99. The summed E-state index contributed by atoms with van der Waals surface area (Å²) < 4.78 is 29.0. The van der Waals surface area contributed by atoms with Crippen LogP contribution in [0.15, 0.2) is 22.8 Å². The van der Waals surface area contributed by atoms with Crippen LogP contribution in [0.4, 0.5) is 0 Å². The van der Waals surface area contributed by atoms with Crippen molar-refractivity contribution < 1.29 is 17.6 Å². The third-order valence-electron chi connectivity index (χ3n) is 5.54. The standard InChI is InChI=1S/C18H27NO4S/c1-24(21,22)15-10-8-14(9-11-15)18(20)19-12-4-2-3-6-16(19)17-7-5-13-23-17/h5,7,13-16H,2-4,6,8-12H2,1H3. The zero-order valence-electron chi connectivity index (χ0n) is 14.3. The van der Waals surface area contributed by atoms with Crippen LogP contribution in [0.3, 0.4) is 0 Å². The highest BCUT2D eigenvalue weighted by Gasteiger charge is 2.36. The molecule has 1 aliphatic carbocycles. The van der Waals surface area contributed by atoms with Crippen LogP contribution in [0.1, 0.15) is 63.2 Å². The molecule has 0 bridgehead atoms. The van der Waals surface area contributed by atoms with E-state index < -0.39 is 9.84 Å². The molecule has 0 aromatic carbocycles. The first-order valence-corrected chi connectivity index (χ1v) is 10.9. The van der Waals surface area contributed by atoms with E-state index in [1.54, 1.807) is 6.26 Å². The lowest BCUT2D eigenvalue weighted by atomic mass is 9.87. The van der Waals surface area contributed by atoms with Gasteiger partial charge in [0.1, 0.15) is 15.6 Å². The van der Waals surface area contributed by atoms with Crippen molar-refractivity contribution in [2.24, 2.45) is 5.92 Å². The molecule has 2 aliphatic rings. The van der Waals surface area contributed by atoms with Gasteiger partial charge in [-0.05, 0) is 50.7 Å². The number of rotatable bonds is 3. The van der Waals surface area contributed by atoms with Gasteiger partial charge in [-0.3, -0.25) is 4.79 Å². The van der Waals surface area contributed by atoms with Gasteiger partial charge in [0, 0.05) is 18.7 Å². The Kier molecular flexibility index (Phi) is 5.33. The van der Waals surface area contributed by atoms with Crippen molar-refractivity contribution in [2.75, 3.05) is 12.8 Å². The Morgan fingerprint density at radius 3 is 2.50 bits per heavy atom. The van der Waals surface area contributed by atoms with Crippen LogP contribution in [-0.4, -0.2) is 37.3 Å². The van der Waals surface area contributed by atoms with E-state index in [2.05, 4.69) is 0 Å². The van der Waals surface area contributed by atoms with Crippen molar-refractivity contribution in [3.05, 3.63) is 24.2 Å². The SMILES string of the molecule is CS(=O)(=O)C1CCC(C(=O)N2CCCCCC2c2ccco2)CC1. The second-order valence-corrected chi connectivity index (χ2v) is 9.54. The fourth-order valence-corrected chi connectivity index (χ4v) is 5.25. The number of sulfone groups is 1. The summed E-state index contributed by atoms with van der Waals surface area (Å²) in [6.07, 6.45) is 9.76. The third kappa shape index (κ3) is 3.85. The summed E-state index contributed by atoms with van der Waals surface area (Å²) in [5.41, 5.74) is 0. The van der Waals surface area contributed by atoms with Crippen molar-refractivity contribution in [2.45, 2.75) is 62.7 Å². The molecule has 1 saturated carbocycles. The smallest absolute Gasteiger partial charge is 0.226 e. The highest BCUT2D eigenvalue weighted by Crippen LogP contribution is 2.35. The van der Waals surface area contributed by atoms with E-state index >= 15 is 0 Å². The molecule has 3 rings (SSSR count). The molecule has 5 nitrogen and oxygen atoms in total. The van der Waals surface area contributed by atoms with Gasteiger partial charge in [-0.25, -0.2) is 8.42 Å². The van der Waals surface area contributed by atoms with Gasteiger partial charge in [0.15, 0.2) is 0 Å². The van der Waals surface area contributed by atoms with Gasteiger partial charge in [-0.15, -0.1) is 0 Å². The van der Waals surface area contributed by atoms with Gasteiger partial charge in [0.25, 0.3) is 0 Å². The first kappa shape index (κ1) is 17.5. The quantitative estimate of drug-likeness (QED) is 0.836. The highest BCUT2D eigenvalue weighted by molar-refractivity contribution is 7.91. The van der Waals surface area contributed by atoms with Crippen LogP contribution in [0.25, 0.3) is 0 Å². The predicted molar refractivity (Wildman–Crippen MR) is 92.2 cm³/mol. The van der Waals surface area contributed by atoms with Crippen molar-refractivity contribution in [3.8, 4) is 0 Å². The highest BCUT2D eigenvalue weighted by atomic mass is 32.2. The van der Waals surface area contributed by atoms with Crippen molar-refractivity contribution in [3.63, 3.8) is 0 Å². The lowest BCUT2D eigenvalue weighted by Crippen LogP contribution is -2.41. The van der Waals surface area contributed by atoms with E-state index in [0.29, 0.717) is 25.7 Å². The molecule has 24 heavy (non-hydrogen) atoms. The molecule has 1 saturated heterocycles. The summed E-state index contributed by atoms with van der Waals surface area (Å²) in [4.78, 5) is 15.1. The average Bonchev–Trinajstić information content (AvgIpc) is 2.98. The summed E-state index contributed by atoms with van der Waals surface area (Å²) >= 11 is 0. The number of carbonyl (C=O) groups is 1. The maximum absolute atomic E-state index is 13.1. The molecule has 6 heteroatoms.